The monoisotopic (exact) mass is 509 g/mol. The number of ether oxygens (including phenoxy) is 1. The van der Waals surface area contributed by atoms with Crippen molar-refractivity contribution in [2.45, 2.75) is 18.5 Å². The van der Waals surface area contributed by atoms with E-state index in [0.29, 0.717) is 24.0 Å². The van der Waals surface area contributed by atoms with Gasteiger partial charge in [-0.1, -0.05) is 6.07 Å². The summed E-state index contributed by atoms with van der Waals surface area (Å²) in [4.78, 5) is 23.5. The lowest BCUT2D eigenvalue weighted by Gasteiger charge is -2.28. The van der Waals surface area contributed by atoms with Crippen molar-refractivity contribution >= 4 is 28.2 Å². The van der Waals surface area contributed by atoms with Crippen LogP contribution < -0.4 is 20.7 Å². The van der Waals surface area contributed by atoms with Gasteiger partial charge in [0.05, 0.1) is 42.9 Å². The van der Waals surface area contributed by atoms with Crippen molar-refractivity contribution in [2.75, 3.05) is 30.5 Å². The molecule has 5 rings (SSSR count). The number of rotatable bonds is 6. The van der Waals surface area contributed by atoms with Crippen LogP contribution in [0.15, 0.2) is 42.7 Å². The lowest BCUT2D eigenvalue weighted by molar-refractivity contribution is 0.102. The number of aromatic nitrogens is 4. The fraction of sp³-hybridized carbons (Fsp3) is 0.280. The molecule has 2 aromatic heterocycles. The summed E-state index contributed by atoms with van der Waals surface area (Å²) >= 11 is 0. The zero-order chi connectivity index (χ0) is 26.3. The van der Waals surface area contributed by atoms with Crippen molar-refractivity contribution < 1.29 is 23.4 Å². The van der Waals surface area contributed by atoms with Crippen molar-refractivity contribution in [3.63, 3.8) is 0 Å². The van der Waals surface area contributed by atoms with Crippen molar-refractivity contribution in [1.29, 1.82) is 0 Å². The average Bonchev–Trinajstić information content (AvgIpc) is 3.46. The number of hydrogen-bond donors (Lipinski definition) is 3. The van der Waals surface area contributed by atoms with E-state index in [1.165, 1.54) is 48.5 Å². The van der Waals surface area contributed by atoms with E-state index in [0.717, 1.165) is 0 Å². The molecule has 4 aromatic rings. The Morgan fingerprint density at radius 1 is 1.30 bits per heavy atom. The number of methoxy groups -OCH3 is 1. The number of aliphatic hydroxyl groups excluding tert-OH is 1. The molecule has 0 saturated carbocycles. The van der Waals surface area contributed by atoms with Crippen molar-refractivity contribution in [3.05, 3.63) is 60.1 Å². The highest BCUT2D eigenvalue weighted by molar-refractivity contribution is 6.09. The van der Waals surface area contributed by atoms with Crippen molar-refractivity contribution in [2.24, 2.45) is 12.8 Å². The minimum absolute atomic E-state index is 0.0139. The molecule has 0 aliphatic carbocycles. The Kier molecular flexibility index (Phi) is 6.44. The first-order chi connectivity index (χ1) is 17.8. The Hall–Kier alpha value is -4.16. The fourth-order valence-corrected chi connectivity index (χ4v) is 4.79. The number of hydrogen-bond acceptors (Lipinski definition) is 8. The van der Waals surface area contributed by atoms with E-state index in [2.05, 4.69) is 20.4 Å². The second kappa shape index (κ2) is 9.71. The number of fused-ring (bicyclic) bond motifs is 1. The molecule has 4 N–H and O–H groups in total. The molecule has 192 valence electrons. The van der Waals surface area contributed by atoms with E-state index in [4.69, 9.17) is 10.5 Å². The van der Waals surface area contributed by atoms with E-state index >= 15 is 4.39 Å². The molecular weight excluding hydrogens is 484 g/mol. The Morgan fingerprint density at radius 3 is 2.86 bits per heavy atom. The van der Waals surface area contributed by atoms with Gasteiger partial charge in [0.1, 0.15) is 22.8 Å². The van der Waals surface area contributed by atoms with Gasteiger partial charge in [0.2, 0.25) is 0 Å². The standard InChI is InChI=1S/C25H25F2N7O3/c1-33-22-15(10-30-33)23(34-11-13(28)8-14(34)12-35)19(9-17(22)27)32-25(36)18-6-7-29-24(31-18)21-16(26)4-3-5-20(21)37-2/h3-7,9-10,13-14,35H,8,11-12,28H2,1-2H3,(H,32,36)/t13-,14+/m1/s1. The normalized spacial score (nSPS) is 17.4. The quantitative estimate of drug-likeness (QED) is 0.361. The maximum Gasteiger partial charge on any atom is 0.274 e. The number of nitrogens with two attached hydrogens (primary N) is 1. The molecule has 2 atom stereocenters. The Morgan fingerprint density at radius 2 is 2.11 bits per heavy atom. The maximum absolute atomic E-state index is 15.1. The second-order valence-corrected chi connectivity index (χ2v) is 8.81. The van der Waals surface area contributed by atoms with E-state index in [1.807, 2.05) is 4.90 Å². The van der Waals surface area contributed by atoms with Gasteiger partial charge in [-0.2, -0.15) is 5.10 Å². The van der Waals surface area contributed by atoms with Crippen LogP contribution in [0, 0.1) is 11.6 Å². The number of halogens is 2. The van der Waals surface area contributed by atoms with E-state index < -0.39 is 17.5 Å². The number of nitrogens with one attached hydrogen (secondary N) is 1. The van der Waals surface area contributed by atoms with Gasteiger partial charge in [0.15, 0.2) is 11.6 Å². The van der Waals surface area contributed by atoms with Gasteiger partial charge in [-0.15, -0.1) is 0 Å². The lowest BCUT2D eigenvalue weighted by Crippen LogP contribution is -2.34. The fourth-order valence-electron chi connectivity index (χ4n) is 4.79. The highest BCUT2D eigenvalue weighted by Gasteiger charge is 2.33. The second-order valence-electron chi connectivity index (χ2n) is 8.81. The molecule has 1 saturated heterocycles. The topological polar surface area (TPSA) is 131 Å². The lowest BCUT2D eigenvalue weighted by atomic mass is 10.1. The number of nitrogens with zero attached hydrogens (tertiary/aromatic N) is 5. The van der Waals surface area contributed by atoms with Gasteiger partial charge in [-0.05, 0) is 24.6 Å². The van der Waals surface area contributed by atoms with Crippen LogP contribution in [0.1, 0.15) is 16.9 Å². The molecule has 1 amide bonds. The van der Waals surface area contributed by atoms with Crippen LogP contribution in [0.4, 0.5) is 20.2 Å². The van der Waals surface area contributed by atoms with Crippen LogP contribution in [0.5, 0.6) is 5.75 Å². The molecule has 1 aliphatic rings. The van der Waals surface area contributed by atoms with Crippen LogP contribution in [0.2, 0.25) is 0 Å². The minimum Gasteiger partial charge on any atom is -0.496 e. The summed E-state index contributed by atoms with van der Waals surface area (Å²) in [5, 5.41) is 17.3. The molecule has 0 unspecified atom stereocenters. The summed E-state index contributed by atoms with van der Waals surface area (Å²) < 4.78 is 36.4. The summed E-state index contributed by atoms with van der Waals surface area (Å²) in [5.74, 6) is -1.68. The molecule has 12 heteroatoms. The zero-order valence-electron chi connectivity index (χ0n) is 20.2. The predicted molar refractivity (Wildman–Crippen MR) is 133 cm³/mol. The summed E-state index contributed by atoms with van der Waals surface area (Å²) in [6.45, 7) is 0.231. The number of anilines is 2. The molecule has 3 heterocycles. The van der Waals surface area contributed by atoms with Crippen LogP contribution >= 0.6 is 0 Å². The number of benzene rings is 2. The molecular formula is C25H25F2N7O3. The Bertz CT molecular complexity index is 1490. The highest BCUT2D eigenvalue weighted by Crippen LogP contribution is 2.40. The van der Waals surface area contributed by atoms with Crippen LogP contribution in [-0.4, -0.2) is 63.1 Å². The third-order valence-corrected chi connectivity index (χ3v) is 6.45. The number of aliphatic hydroxyl groups is 1. The van der Waals surface area contributed by atoms with E-state index in [9.17, 15) is 14.3 Å². The third-order valence-electron chi connectivity index (χ3n) is 6.45. The number of aryl methyl sites for hydroxylation is 1. The number of amides is 1. The van der Waals surface area contributed by atoms with E-state index in [1.54, 1.807) is 13.1 Å². The SMILES string of the molecule is COc1cccc(F)c1-c1nccc(C(=O)Nc2cc(F)c3c(cnn3C)c2N2C[C@H](N)C[C@H]2CO)n1. The van der Waals surface area contributed by atoms with Gasteiger partial charge in [0.25, 0.3) is 5.91 Å². The van der Waals surface area contributed by atoms with E-state index in [-0.39, 0.29) is 52.7 Å². The Balaban J connectivity index is 1.57. The molecule has 10 nitrogen and oxygen atoms in total. The van der Waals surface area contributed by atoms with Gasteiger partial charge < -0.3 is 25.8 Å². The Labute approximate surface area is 210 Å². The van der Waals surface area contributed by atoms with Gasteiger partial charge in [-0.3, -0.25) is 9.48 Å². The molecule has 0 spiro atoms. The molecule has 2 aromatic carbocycles. The van der Waals surface area contributed by atoms with Crippen LogP contribution in [-0.2, 0) is 7.05 Å². The molecule has 0 bridgehead atoms. The largest absolute Gasteiger partial charge is 0.496 e. The van der Waals surface area contributed by atoms with Crippen molar-refractivity contribution in [1.82, 2.24) is 19.7 Å². The summed E-state index contributed by atoms with van der Waals surface area (Å²) in [6.07, 6.45) is 3.37. The smallest absolute Gasteiger partial charge is 0.274 e. The summed E-state index contributed by atoms with van der Waals surface area (Å²) in [6, 6.07) is 6.33. The van der Waals surface area contributed by atoms with Crippen molar-refractivity contribution in [3.8, 4) is 17.1 Å². The van der Waals surface area contributed by atoms with Gasteiger partial charge in [0, 0.05) is 37.3 Å². The first kappa shape index (κ1) is 24.5. The number of carbonyl (C=O) groups excluding carboxylic acids is 1. The van der Waals surface area contributed by atoms with Gasteiger partial charge in [-0.25, -0.2) is 18.7 Å². The third kappa shape index (κ3) is 4.34. The molecule has 1 fully saturated rings. The molecule has 37 heavy (non-hydrogen) atoms. The summed E-state index contributed by atoms with van der Waals surface area (Å²) in [7, 11) is 3.01. The zero-order valence-corrected chi connectivity index (χ0v) is 20.2. The average molecular weight is 510 g/mol. The predicted octanol–water partition coefficient (Wildman–Crippen LogP) is 2.47. The van der Waals surface area contributed by atoms with Crippen LogP contribution in [0.3, 0.4) is 0 Å². The maximum atomic E-state index is 15.1. The van der Waals surface area contributed by atoms with Crippen LogP contribution in [0.25, 0.3) is 22.3 Å². The summed E-state index contributed by atoms with van der Waals surface area (Å²) in [5.41, 5.74) is 7.03. The molecule has 0 radical (unpaired) electrons. The molecule has 1 aliphatic heterocycles. The highest BCUT2D eigenvalue weighted by atomic mass is 19.1. The van der Waals surface area contributed by atoms with Gasteiger partial charge >= 0.3 is 0 Å². The first-order valence-electron chi connectivity index (χ1n) is 11.6. The minimum atomic E-state index is -0.660. The first-order valence-corrected chi connectivity index (χ1v) is 11.6. The number of carbonyl (C=O) groups is 1.